The molecule has 168 valence electrons. The fraction of sp³-hybridized carbons (Fsp3) is 0.400. The molecular weight excluding hydrogens is 388 g/mol. The van der Waals surface area contributed by atoms with E-state index in [1.807, 2.05) is 14.1 Å². The first kappa shape index (κ1) is 23.9. The van der Waals surface area contributed by atoms with E-state index in [-0.39, 0.29) is 10.8 Å². The number of hydrogen-bond donors (Lipinski definition) is 0. The summed E-state index contributed by atoms with van der Waals surface area (Å²) in [5.74, 6) is 0. The van der Waals surface area contributed by atoms with Gasteiger partial charge in [-0.1, -0.05) is 90.1 Å². The molecular formula is C30H38N2. The summed E-state index contributed by atoms with van der Waals surface area (Å²) >= 11 is 0. The topological polar surface area (TPSA) is 24.7 Å². The van der Waals surface area contributed by atoms with Gasteiger partial charge in [-0.25, -0.2) is 0 Å². The Labute approximate surface area is 194 Å². The van der Waals surface area contributed by atoms with Crippen LogP contribution in [0.1, 0.15) is 77.1 Å². The van der Waals surface area contributed by atoms with Crippen molar-refractivity contribution in [2.45, 2.75) is 65.7 Å². The van der Waals surface area contributed by atoms with Gasteiger partial charge in [0.25, 0.3) is 0 Å². The van der Waals surface area contributed by atoms with E-state index in [2.05, 4.69) is 103 Å². The second-order valence-electron chi connectivity index (χ2n) is 10.4. The van der Waals surface area contributed by atoms with E-state index >= 15 is 0 Å². The summed E-state index contributed by atoms with van der Waals surface area (Å²) in [4.78, 5) is 9.41. The molecule has 0 aliphatic heterocycles. The van der Waals surface area contributed by atoms with Gasteiger partial charge in [0, 0.05) is 25.2 Å². The van der Waals surface area contributed by atoms with E-state index in [1.54, 1.807) is 0 Å². The van der Waals surface area contributed by atoms with Gasteiger partial charge in [-0.15, -0.1) is 0 Å². The summed E-state index contributed by atoms with van der Waals surface area (Å²) in [7, 11) is 3.73. The average molecular weight is 427 g/mol. The highest BCUT2D eigenvalue weighted by Gasteiger charge is 2.27. The van der Waals surface area contributed by atoms with Crippen molar-refractivity contribution in [3.8, 4) is 0 Å². The van der Waals surface area contributed by atoms with Crippen LogP contribution < -0.4 is 0 Å². The standard InChI is InChI=1S/C30H38N2/c1-10-30(6,7)24-17-11-21(12-18-24)25-19-20(2)26(28(32-9)27(25)31-8)22-13-15-23(16-14-22)29(3,4)5/h11-19H,10H2,1-9H3/b31-27-,32-28-. The molecule has 0 N–H and O–H groups in total. The molecule has 0 saturated heterocycles. The zero-order chi connectivity index (χ0) is 23.7. The average Bonchev–Trinajstić information content (AvgIpc) is 2.77. The van der Waals surface area contributed by atoms with Gasteiger partial charge in [-0.05, 0) is 58.1 Å². The molecule has 1 aliphatic rings. The van der Waals surface area contributed by atoms with Crippen LogP contribution in [0.4, 0.5) is 0 Å². The molecule has 0 atom stereocenters. The molecule has 0 saturated carbocycles. The molecule has 0 aromatic heterocycles. The predicted molar refractivity (Wildman–Crippen MR) is 142 cm³/mol. The van der Waals surface area contributed by atoms with Crippen molar-refractivity contribution in [3.05, 3.63) is 82.4 Å². The molecule has 0 radical (unpaired) electrons. The van der Waals surface area contributed by atoms with Crippen LogP contribution in [-0.2, 0) is 10.8 Å². The Kier molecular flexibility index (Phi) is 6.74. The molecule has 3 rings (SSSR count). The van der Waals surface area contributed by atoms with Crippen molar-refractivity contribution in [1.29, 1.82) is 0 Å². The highest BCUT2D eigenvalue weighted by atomic mass is 14.8. The molecule has 0 fully saturated rings. The minimum absolute atomic E-state index is 0.137. The van der Waals surface area contributed by atoms with Crippen molar-refractivity contribution < 1.29 is 0 Å². The monoisotopic (exact) mass is 426 g/mol. The Hall–Kier alpha value is -2.74. The molecule has 32 heavy (non-hydrogen) atoms. The summed E-state index contributed by atoms with van der Waals surface area (Å²) in [5.41, 5.74) is 10.8. The Balaban J connectivity index is 2.10. The van der Waals surface area contributed by atoms with E-state index in [1.165, 1.54) is 33.4 Å². The van der Waals surface area contributed by atoms with Crippen LogP contribution in [0, 0.1) is 0 Å². The van der Waals surface area contributed by atoms with Crippen LogP contribution in [0.15, 0.2) is 70.2 Å². The molecule has 1 aliphatic carbocycles. The Morgan fingerprint density at radius 2 is 1.19 bits per heavy atom. The number of rotatable bonds is 4. The third kappa shape index (κ3) is 4.55. The lowest BCUT2D eigenvalue weighted by Crippen LogP contribution is -2.23. The molecule has 2 nitrogen and oxygen atoms in total. The lowest BCUT2D eigenvalue weighted by atomic mass is 9.79. The molecule has 2 aromatic carbocycles. The zero-order valence-electron chi connectivity index (χ0n) is 21.3. The van der Waals surface area contributed by atoms with E-state index in [0.717, 1.165) is 23.4 Å². The fourth-order valence-electron chi connectivity index (χ4n) is 4.26. The molecule has 2 heteroatoms. The molecule has 2 aromatic rings. The highest BCUT2D eigenvalue weighted by molar-refractivity contribution is 6.70. The quantitative estimate of drug-likeness (QED) is 0.448. The number of nitrogens with zero attached hydrogens (tertiary/aromatic N) is 2. The first-order valence-electron chi connectivity index (χ1n) is 11.6. The smallest absolute Gasteiger partial charge is 0.0910 e. The van der Waals surface area contributed by atoms with Crippen LogP contribution in [0.25, 0.3) is 11.1 Å². The minimum atomic E-state index is 0.137. The maximum absolute atomic E-state index is 4.71. The van der Waals surface area contributed by atoms with E-state index in [4.69, 9.17) is 9.98 Å². The molecule has 0 unspecified atom stereocenters. The molecule has 0 heterocycles. The van der Waals surface area contributed by atoms with Gasteiger partial charge in [-0.2, -0.15) is 0 Å². The second-order valence-corrected chi connectivity index (χ2v) is 10.4. The van der Waals surface area contributed by atoms with Crippen molar-refractivity contribution in [1.82, 2.24) is 0 Å². The Morgan fingerprint density at radius 1 is 0.688 bits per heavy atom. The molecule has 0 bridgehead atoms. The number of allylic oxidation sites excluding steroid dienone is 4. The zero-order valence-corrected chi connectivity index (χ0v) is 21.3. The van der Waals surface area contributed by atoms with Crippen LogP contribution in [0.2, 0.25) is 0 Å². The summed E-state index contributed by atoms with van der Waals surface area (Å²) in [6.07, 6.45) is 3.38. The van der Waals surface area contributed by atoms with Gasteiger partial charge in [-0.3, -0.25) is 9.98 Å². The lowest BCUT2D eigenvalue weighted by molar-refractivity contribution is 0.506. The molecule has 0 spiro atoms. The van der Waals surface area contributed by atoms with Gasteiger partial charge in [0.05, 0.1) is 11.4 Å². The first-order chi connectivity index (χ1) is 15.0. The van der Waals surface area contributed by atoms with Crippen LogP contribution in [0.5, 0.6) is 0 Å². The number of aliphatic imine (C=N–C) groups is 2. The SMILES string of the molecule is CCC(C)(C)c1ccc(C2=CC(C)=C(c3ccc(C(C)(C)C)cc3)C(=N/C)/C2=N\C)cc1. The van der Waals surface area contributed by atoms with Crippen LogP contribution >= 0.6 is 0 Å². The van der Waals surface area contributed by atoms with Crippen molar-refractivity contribution >= 4 is 22.6 Å². The first-order valence-corrected chi connectivity index (χ1v) is 11.6. The fourth-order valence-corrected chi connectivity index (χ4v) is 4.26. The summed E-state index contributed by atoms with van der Waals surface area (Å²) in [5, 5.41) is 0. The maximum atomic E-state index is 4.71. The van der Waals surface area contributed by atoms with Gasteiger partial charge in [0.2, 0.25) is 0 Å². The highest BCUT2D eigenvalue weighted by Crippen LogP contribution is 2.35. The van der Waals surface area contributed by atoms with Crippen molar-refractivity contribution in [2.75, 3.05) is 14.1 Å². The van der Waals surface area contributed by atoms with E-state index < -0.39 is 0 Å². The summed E-state index contributed by atoms with van der Waals surface area (Å²) < 4.78 is 0. The van der Waals surface area contributed by atoms with E-state index in [0.29, 0.717) is 0 Å². The van der Waals surface area contributed by atoms with Gasteiger partial charge < -0.3 is 0 Å². The summed E-state index contributed by atoms with van der Waals surface area (Å²) in [6, 6.07) is 17.9. The Morgan fingerprint density at radius 3 is 1.66 bits per heavy atom. The third-order valence-corrected chi connectivity index (χ3v) is 6.82. The maximum Gasteiger partial charge on any atom is 0.0910 e. The predicted octanol–water partition coefficient (Wildman–Crippen LogP) is 7.68. The molecule has 0 amide bonds. The lowest BCUT2D eigenvalue weighted by Gasteiger charge is -2.26. The normalized spacial score (nSPS) is 17.8. The minimum Gasteiger partial charge on any atom is -0.286 e. The number of benzene rings is 2. The van der Waals surface area contributed by atoms with Crippen molar-refractivity contribution in [3.63, 3.8) is 0 Å². The van der Waals surface area contributed by atoms with Crippen molar-refractivity contribution in [2.24, 2.45) is 9.98 Å². The van der Waals surface area contributed by atoms with Crippen LogP contribution in [0.3, 0.4) is 0 Å². The Bertz CT molecular complexity index is 1100. The largest absolute Gasteiger partial charge is 0.286 e. The number of hydrogen-bond acceptors (Lipinski definition) is 2. The van der Waals surface area contributed by atoms with Gasteiger partial charge >= 0.3 is 0 Å². The second kappa shape index (κ2) is 9.02. The van der Waals surface area contributed by atoms with Crippen LogP contribution in [-0.4, -0.2) is 25.5 Å². The van der Waals surface area contributed by atoms with E-state index in [9.17, 15) is 0 Å². The summed E-state index contributed by atoms with van der Waals surface area (Å²) in [6.45, 7) is 15.8. The van der Waals surface area contributed by atoms with Gasteiger partial charge in [0.1, 0.15) is 0 Å². The van der Waals surface area contributed by atoms with Gasteiger partial charge in [0.15, 0.2) is 0 Å². The third-order valence-electron chi connectivity index (χ3n) is 6.82.